The molecular formula is C21H32N4O3. The van der Waals surface area contributed by atoms with Crippen molar-refractivity contribution in [2.75, 3.05) is 26.2 Å². The summed E-state index contributed by atoms with van der Waals surface area (Å²) in [5.74, 6) is 1.13. The maximum absolute atomic E-state index is 13.3. The SMILES string of the molecule is O=C1N(CCC2CCCCC2)CCCC12CCN(Cc1cc(=O)[nH]c(=O)[nH]1)C2. The molecule has 1 amide bonds. The minimum atomic E-state index is -0.473. The zero-order chi connectivity index (χ0) is 19.6. The molecule has 1 aromatic heterocycles. The van der Waals surface area contributed by atoms with Gasteiger partial charge in [-0.15, -0.1) is 0 Å². The molecule has 7 heteroatoms. The molecule has 154 valence electrons. The van der Waals surface area contributed by atoms with Crippen LogP contribution >= 0.6 is 0 Å². The Hall–Kier alpha value is -1.89. The van der Waals surface area contributed by atoms with Crippen molar-refractivity contribution in [1.82, 2.24) is 19.8 Å². The zero-order valence-corrected chi connectivity index (χ0v) is 16.7. The first-order valence-corrected chi connectivity index (χ1v) is 10.9. The molecule has 7 nitrogen and oxygen atoms in total. The molecule has 0 radical (unpaired) electrons. The lowest BCUT2D eigenvalue weighted by Crippen LogP contribution is -2.50. The van der Waals surface area contributed by atoms with Crippen LogP contribution in [0, 0.1) is 11.3 Å². The van der Waals surface area contributed by atoms with E-state index in [1.54, 1.807) is 0 Å². The number of carbonyl (C=O) groups is 1. The maximum Gasteiger partial charge on any atom is 0.325 e. The quantitative estimate of drug-likeness (QED) is 0.806. The number of aromatic amines is 2. The van der Waals surface area contributed by atoms with E-state index in [0.29, 0.717) is 18.1 Å². The summed E-state index contributed by atoms with van der Waals surface area (Å²) >= 11 is 0. The van der Waals surface area contributed by atoms with Gasteiger partial charge in [0.1, 0.15) is 0 Å². The topological polar surface area (TPSA) is 89.3 Å². The number of H-pyrrole nitrogens is 2. The van der Waals surface area contributed by atoms with Gasteiger partial charge in [-0.2, -0.15) is 0 Å². The van der Waals surface area contributed by atoms with Crippen molar-refractivity contribution in [2.45, 2.75) is 64.3 Å². The van der Waals surface area contributed by atoms with Crippen molar-refractivity contribution in [3.8, 4) is 0 Å². The summed E-state index contributed by atoms with van der Waals surface area (Å²) in [5, 5.41) is 0. The van der Waals surface area contributed by atoms with E-state index >= 15 is 0 Å². The lowest BCUT2D eigenvalue weighted by Gasteiger charge is -2.40. The maximum atomic E-state index is 13.3. The summed E-state index contributed by atoms with van der Waals surface area (Å²) in [4.78, 5) is 45.5. The highest BCUT2D eigenvalue weighted by atomic mass is 16.2. The van der Waals surface area contributed by atoms with Crippen LogP contribution in [0.5, 0.6) is 0 Å². The first kappa shape index (κ1) is 19.4. The summed E-state index contributed by atoms with van der Waals surface area (Å²) in [6.45, 7) is 3.87. The van der Waals surface area contributed by atoms with Crippen LogP contribution in [-0.4, -0.2) is 51.9 Å². The van der Waals surface area contributed by atoms with E-state index in [1.807, 2.05) is 0 Å². The second-order valence-electron chi connectivity index (χ2n) is 9.04. The van der Waals surface area contributed by atoms with Crippen molar-refractivity contribution in [3.63, 3.8) is 0 Å². The molecule has 1 unspecified atom stereocenters. The molecule has 1 atom stereocenters. The van der Waals surface area contributed by atoms with Gasteiger partial charge in [0, 0.05) is 37.9 Å². The van der Waals surface area contributed by atoms with E-state index in [2.05, 4.69) is 19.8 Å². The molecule has 1 aliphatic carbocycles. The third kappa shape index (κ3) is 4.24. The number of likely N-dealkylation sites (tertiary alicyclic amines) is 2. The fourth-order valence-electron chi connectivity index (χ4n) is 5.50. The minimum Gasteiger partial charge on any atom is -0.342 e. The number of piperidine rings is 1. The molecule has 1 aromatic rings. The van der Waals surface area contributed by atoms with Crippen LogP contribution in [0.1, 0.15) is 63.5 Å². The summed E-state index contributed by atoms with van der Waals surface area (Å²) in [7, 11) is 0. The van der Waals surface area contributed by atoms with Gasteiger partial charge in [-0.1, -0.05) is 32.1 Å². The fourth-order valence-corrected chi connectivity index (χ4v) is 5.50. The molecule has 2 N–H and O–H groups in total. The van der Waals surface area contributed by atoms with Gasteiger partial charge in [0.05, 0.1) is 5.41 Å². The van der Waals surface area contributed by atoms with Gasteiger partial charge in [0.25, 0.3) is 5.56 Å². The standard InChI is InChI=1S/C21H32N4O3/c26-18-13-17(22-20(28)23-18)14-24-12-9-21(15-24)8-4-10-25(19(21)27)11-7-16-5-2-1-3-6-16/h13,16H,1-12,14-15H2,(H2,22,23,26,28). The summed E-state index contributed by atoms with van der Waals surface area (Å²) in [6.07, 6.45) is 10.8. The number of nitrogens with zero attached hydrogens (tertiary/aromatic N) is 2. The van der Waals surface area contributed by atoms with Crippen LogP contribution in [0.15, 0.2) is 15.7 Å². The van der Waals surface area contributed by atoms with E-state index in [0.717, 1.165) is 57.8 Å². The number of hydrogen-bond donors (Lipinski definition) is 2. The molecule has 3 fully saturated rings. The monoisotopic (exact) mass is 388 g/mol. The third-order valence-electron chi connectivity index (χ3n) is 7.00. The largest absolute Gasteiger partial charge is 0.342 e. The van der Waals surface area contributed by atoms with Gasteiger partial charge in [0.2, 0.25) is 5.91 Å². The fraction of sp³-hybridized carbons (Fsp3) is 0.762. The molecule has 3 aliphatic rings. The van der Waals surface area contributed by atoms with E-state index in [-0.39, 0.29) is 11.0 Å². The molecule has 0 aromatic carbocycles. The van der Waals surface area contributed by atoms with Gasteiger partial charge in [-0.05, 0) is 38.1 Å². The highest BCUT2D eigenvalue weighted by molar-refractivity contribution is 5.84. The number of carbonyl (C=O) groups excluding carboxylic acids is 1. The van der Waals surface area contributed by atoms with Gasteiger partial charge in [-0.25, -0.2) is 4.79 Å². The highest BCUT2D eigenvalue weighted by Gasteiger charge is 2.48. The van der Waals surface area contributed by atoms with Gasteiger partial charge >= 0.3 is 5.69 Å². The first-order valence-electron chi connectivity index (χ1n) is 10.9. The molecule has 4 rings (SSSR count). The molecule has 1 saturated carbocycles. The highest BCUT2D eigenvalue weighted by Crippen LogP contribution is 2.40. The zero-order valence-electron chi connectivity index (χ0n) is 16.7. The lowest BCUT2D eigenvalue weighted by atomic mass is 9.78. The van der Waals surface area contributed by atoms with E-state index in [9.17, 15) is 14.4 Å². The number of amides is 1. The molecule has 2 aliphatic heterocycles. The number of hydrogen-bond acceptors (Lipinski definition) is 4. The first-order chi connectivity index (χ1) is 13.5. The molecule has 2 saturated heterocycles. The van der Waals surface area contributed by atoms with Crippen molar-refractivity contribution in [3.05, 3.63) is 32.6 Å². The molecule has 28 heavy (non-hydrogen) atoms. The summed E-state index contributed by atoms with van der Waals surface area (Å²) in [5.41, 5.74) is -0.510. The molecule has 0 bridgehead atoms. The summed E-state index contributed by atoms with van der Waals surface area (Å²) in [6, 6.07) is 1.44. The molecule has 3 heterocycles. The van der Waals surface area contributed by atoms with Crippen LogP contribution in [0.2, 0.25) is 0 Å². The second-order valence-corrected chi connectivity index (χ2v) is 9.04. The van der Waals surface area contributed by atoms with Crippen molar-refractivity contribution in [2.24, 2.45) is 11.3 Å². The van der Waals surface area contributed by atoms with Gasteiger partial charge in [-0.3, -0.25) is 19.5 Å². The summed E-state index contributed by atoms with van der Waals surface area (Å²) < 4.78 is 0. The number of rotatable bonds is 5. The van der Waals surface area contributed by atoms with E-state index in [4.69, 9.17) is 0 Å². The Bertz CT molecular complexity index is 782. The second kappa shape index (κ2) is 8.23. The predicted octanol–water partition coefficient (Wildman–Crippen LogP) is 1.85. The predicted molar refractivity (Wildman–Crippen MR) is 107 cm³/mol. The normalized spacial score (nSPS) is 27.0. The number of aromatic nitrogens is 2. The Morgan fingerprint density at radius 3 is 2.61 bits per heavy atom. The smallest absolute Gasteiger partial charge is 0.325 e. The number of nitrogens with one attached hydrogen (secondary N) is 2. The molecular weight excluding hydrogens is 356 g/mol. The minimum absolute atomic E-state index is 0.272. The Morgan fingerprint density at radius 2 is 1.82 bits per heavy atom. The average molecular weight is 389 g/mol. The Balaban J connectivity index is 1.36. The average Bonchev–Trinajstić information content (AvgIpc) is 3.06. The van der Waals surface area contributed by atoms with Crippen molar-refractivity contribution < 1.29 is 4.79 Å². The Kier molecular flexibility index (Phi) is 5.71. The third-order valence-corrected chi connectivity index (χ3v) is 7.00. The van der Waals surface area contributed by atoms with Crippen LogP contribution in [-0.2, 0) is 11.3 Å². The van der Waals surface area contributed by atoms with E-state index in [1.165, 1.54) is 38.2 Å². The van der Waals surface area contributed by atoms with Crippen LogP contribution in [0.25, 0.3) is 0 Å². The Labute approximate surface area is 165 Å². The lowest BCUT2D eigenvalue weighted by molar-refractivity contribution is -0.145. The van der Waals surface area contributed by atoms with Crippen LogP contribution in [0.3, 0.4) is 0 Å². The van der Waals surface area contributed by atoms with Gasteiger partial charge < -0.3 is 9.88 Å². The van der Waals surface area contributed by atoms with Crippen LogP contribution in [0.4, 0.5) is 0 Å². The van der Waals surface area contributed by atoms with Crippen molar-refractivity contribution in [1.29, 1.82) is 0 Å². The van der Waals surface area contributed by atoms with E-state index < -0.39 is 5.69 Å². The van der Waals surface area contributed by atoms with Crippen molar-refractivity contribution >= 4 is 5.91 Å². The Morgan fingerprint density at radius 1 is 1.00 bits per heavy atom. The van der Waals surface area contributed by atoms with Crippen LogP contribution < -0.4 is 11.2 Å². The van der Waals surface area contributed by atoms with Gasteiger partial charge in [0.15, 0.2) is 0 Å². The molecule has 1 spiro atoms.